The Morgan fingerprint density at radius 1 is 1.05 bits per heavy atom. The van der Waals surface area contributed by atoms with Crippen LogP contribution in [-0.2, 0) is 4.79 Å². The highest BCUT2D eigenvalue weighted by Gasteiger charge is 2.28. The van der Waals surface area contributed by atoms with Crippen LogP contribution in [0.4, 0.5) is 5.69 Å². The monoisotopic (exact) mass is 249 g/mol. The molecule has 19 heavy (non-hydrogen) atoms. The molecule has 0 radical (unpaired) electrons. The second-order valence-corrected chi connectivity index (χ2v) is 4.85. The quantitative estimate of drug-likeness (QED) is 0.708. The normalized spacial score (nSPS) is 16.0. The Morgan fingerprint density at radius 2 is 1.84 bits per heavy atom. The van der Waals surface area contributed by atoms with Crippen molar-refractivity contribution >= 4 is 23.2 Å². The van der Waals surface area contributed by atoms with E-state index >= 15 is 0 Å². The van der Waals surface area contributed by atoms with E-state index in [1.54, 1.807) is 4.90 Å². The molecule has 1 aliphatic heterocycles. The van der Waals surface area contributed by atoms with E-state index in [-0.39, 0.29) is 5.91 Å². The van der Waals surface area contributed by atoms with Crippen LogP contribution < -0.4 is 4.90 Å². The van der Waals surface area contributed by atoms with Crippen LogP contribution in [-0.4, -0.2) is 13.0 Å². The number of nitrogens with zero attached hydrogens (tertiary/aromatic N) is 1. The van der Waals surface area contributed by atoms with Gasteiger partial charge in [-0.05, 0) is 24.6 Å². The number of aryl methyl sites for hydroxylation is 1. The van der Waals surface area contributed by atoms with Gasteiger partial charge in [-0.2, -0.15) is 0 Å². The Labute approximate surface area is 113 Å². The number of amides is 1. The number of benzene rings is 2. The molecule has 0 bridgehead atoms. The summed E-state index contributed by atoms with van der Waals surface area (Å²) in [6, 6.07) is 16.1. The van der Waals surface area contributed by atoms with Gasteiger partial charge in [-0.1, -0.05) is 48.0 Å². The number of carbonyl (C=O) groups is 1. The van der Waals surface area contributed by atoms with Crippen LogP contribution in [0.25, 0.3) is 11.6 Å². The first kappa shape index (κ1) is 11.7. The Balaban J connectivity index is 2.13. The fourth-order valence-corrected chi connectivity index (χ4v) is 2.47. The summed E-state index contributed by atoms with van der Waals surface area (Å²) in [4.78, 5) is 14.0. The summed E-state index contributed by atoms with van der Waals surface area (Å²) < 4.78 is 0. The molecule has 0 unspecified atom stereocenters. The van der Waals surface area contributed by atoms with E-state index in [9.17, 15) is 4.79 Å². The summed E-state index contributed by atoms with van der Waals surface area (Å²) in [5.41, 5.74) is 5.02. The van der Waals surface area contributed by atoms with Gasteiger partial charge in [0.2, 0.25) is 0 Å². The molecule has 1 amide bonds. The molecule has 2 heteroatoms. The zero-order valence-corrected chi connectivity index (χ0v) is 11.1. The number of anilines is 1. The smallest absolute Gasteiger partial charge is 0.258 e. The lowest BCUT2D eigenvalue weighted by atomic mass is 10.0. The molecule has 1 heterocycles. The minimum atomic E-state index is 0.0581. The molecule has 0 N–H and O–H groups in total. The van der Waals surface area contributed by atoms with Crippen LogP contribution in [0.15, 0.2) is 48.5 Å². The standard InChI is InChI=1S/C17H15NO/c1-12-6-5-7-13(10-12)11-15-14-8-3-4-9-16(14)18(2)17(15)19/h3-11H,1-2H3/b15-11-. The fraction of sp³-hybridized carbons (Fsp3) is 0.118. The summed E-state index contributed by atoms with van der Waals surface area (Å²) in [6.45, 7) is 2.05. The minimum absolute atomic E-state index is 0.0581. The number of hydrogen-bond acceptors (Lipinski definition) is 1. The molecule has 0 saturated heterocycles. The van der Waals surface area contributed by atoms with E-state index in [1.807, 2.05) is 49.5 Å². The van der Waals surface area contributed by atoms with Gasteiger partial charge < -0.3 is 4.90 Å². The summed E-state index contributed by atoms with van der Waals surface area (Å²) in [5, 5.41) is 0. The second kappa shape index (κ2) is 4.39. The highest BCUT2D eigenvalue weighted by atomic mass is 16.2. The summed E-state index contributed by atoms with van der Waals surface area (Å²) in [7, 11) is 1.82. The number of para-hydroxylation sites is 1. The van der Waals surface area contributed by atoms with E-state index in [0.717, 1.165) is 22.4 Å². The Hall–Kier alpha value is -2.35. The van der Waals surface area contributed by atoms with Gasteiger partial charge in [0.05, 0.1) is 5.69 Å². The lowest BCUT2D eigenvalue weighted by Crippen LogP contribution is -2.20. The highest BCUT2D eigenvalue weighted by Crippen LogP contribution is 2.36. The van der Waals surface area contributed by atoms with Crippen LogP contribution >= 0.6 is 0 Å². The Bertz CT molecular complexity index is 685. The van der Waals surface area contributed by atoms with Crippen LogP contribution in [0, 0.1) is 6.92 Å². The molecule has 0 aliphatic carbocycles. The van der Waals surface area contributed by atoms with Crippen molar-refractivity contribution in [2.75, 3.05) is 11.9 Å². The average molecular weight is 249 g/mol. The van der Waals surface area contributed by atoms with Gasteiger partial charge in [0.15, 0.2) is 0 Å². The van der Waals surface area contributed by atoms with E-state index in [0.29, 0.717) is 0 Å². The predicted octanol–water partition coefficient (Wildman–Crippen LogP) is 3.51. The fourth-order valence-electron chi connectivity index (χ4n) is 2.47. The second-order valence-electron chi connectivity index (χ2n) is 4.85. The van der Waals surface area contributed by atoms with Crippen molar-refractivity contribution in [3.8, 4) is 0 Å². The number of likely N-dealkylation sites (N-methyl/N-ethyl adjacent to an activating group) is 1. The largest absolute Gasteiger partial charge is 0.311 e. The molecular weight excluding hydrogens is 234 g/mol. The molecule has 2 aromatic rings. The molecule has 3 rings (SSSR count). The van der Waals surface area contributed by atoms with Crippen molar-refractivity contribution in [1.82, 2.24) is 0 Å². The van der Waals surface area contributed by atoms with Gasteiger partial charge in [-0.15, -0.1) is 0 Å². The molecule has 0 atom stereocenters. The zero-order valence-electron chi connectivity index (χ0n) is 11.1. The number of carbonyl (C=O) groups excluding carboxylic acids is 1. The number of hydrogen-bond donors (Lipinski definition) is 0. The maximum atomic E-state index is 12.3. The van der Waals surface area contributed by atoms with E-state index in [2.05, 4.69) is 19.1 Å². The van der Waals surface area contributed by atoms with Crippen molar-refractivity contribution in [1.29, 1.82) is 0 Å². The van der Waals surface area contributed by atoms with Crippen molar-refractivity contribution < 1.29 is 4.79 Å². The molecule has 0 aromatic heterocycles. The van der Waals surface area contributed by atoms with E-state index in [1.165, 1.54) is 5.56 Å². The van der Waals surface area contributed by atoms with Crippen LogP contribution in [0.1, 0.15) is 16.7 Å². The summed E-state index contributed by atoms with van der Waals surface area (Å²) in [5.74, 6) is 0.0581. The molecule has 0 saturated carbocycles. The molecule has 0 spiro atoms. The first-order valence-electron chi connectivity index (χ1n) is 6.32. The average Bonchev–Trinajstić information content (AvgIpc) is 2.65. The summed E-state index contributed by atoms with van der Waals surface area (Å²) in [6.07, 6.45) is 1.97. The first-order valence-corrected chi connectivity index (χ1v) is 6.32. The van der Waals surface area contributed by atoms with Gasteiger partial charge in [-0.25, -0.2) is 0 Å². The molecular formula is C17H15NO. The maximum absolute atomic E-state index is 12.3. The predicted molar refractivity (Wildman–Crippen MR) is 78.9 cm³/mol. The van der Waals surface area contributed by atoms with Gasteiger partial charge in [0.25, 0.3) is 5.91 Å². The molecule has 2 aromatic carbocycles. The van der Waals surface area contributed by atoms with Gasteiger partial charge in [-0.3, -0.25) is 4.79 Å². The lowest BCUT2D eigenvalue weighted by Gasteiger charge is -2.07. The topological polar surface area (TPSA) is 20.3 Å². The number of rotatable bonds is 1. The molecule has 2 nitrogen and oxygen atoms in total. The molecule has 0 fully saturated rings. The third-order valence-electron chi connectivity index (χ3n) is 3.44. The van der Waals surface area contributed by atoms with Crippen molar-refractivity contribution in [2.24, 2.45) is 0 Å². The van der Waals surface area contributed by atoms with Crippen molar-refractivity contribution in [3.05, 3.63) is 65.2 Å². The van der Waals surface area contributed by atoms with Crippen molar-refractivity contribution in [2.45, 2.75) is 6.92 Å². The van der Waals surface area contributed by atoms with Crippen molar-refractivity contribution in [3.63, 3.8) is 0 Å². The molecule has 94 valence electrons. The van der Waals surface area contributed by atoms with Gasteiger partial charge in [0.1, 0.15) is 0 Å². The number of fused-ring (bicyclic) bond motifs is 1. The highest BCUT2D eigenvalue weighted by molar-refractivity contribution is 6.35. The van der Waals surface area contributed by atoms with E-state index in [4.69, 9.17) is 0 Å². The van der Waals surface area contributed by atoms with Gasteiger partial charge >= 0.3 is 0 Å². The first-order chi connectivity index (χ1) is 9.16. The van der Waals surface area contributed by atoms with Crippen LogP contribution in [0.5, 0.6) is 0 Å². The van der Waals surface area contributed by atoms with Crippen LogP contribution in [0.3, 0.4) is 0 Å². The van der Waals surface area contributed by atoms with E-state index < -0.39 is 0 Å². The van der Waals surface area contributed by atoms with Gasteiger partial charge in [0, 0.05) is 18.2 Å². The molecule has 1 aliphatic rings. The Morgan fingerprint density at radius 3 is 2.63 bits per heavy atom. The lowest BCUT2D eigenvalue weighted by molar-refractivity contribution is -0.112. The SMILES string of the molecule is Cc1cccc(/C=C2\C(=O)N(C)c3ccccc32)c1. The summed E-state index contributed by atoms with van der Waals surface area (Å²) >= 11 is 0. The maximum Gasteiger partial charge on any atom is 0.258 e. The van der Waals surface area contributed by atoms with Crippen LogP contribution in [0.2, 0.25) is 0 Å². The zero-order chi connectivity index (χ0) is 13.4. The third-order valence-corrected chi connectivity index (χ3v) is 3.44. The Kier molecular flexibility index (Phi) is 2.71. The third kappa shape index (κ3) is 1.95. The minimum Gasteiger partial charge on any atom is -0.311 e.